The van der Waals surface area contributed by atoms with E-state index < -0.39 is 15.8 Å². The van der Waals surface area contributed by atoms with Gasteiger partial charge in [0.15, 0.2) is 0 Å². The second-order valence-electron chi connectivity index (χ2n) is 5.25. The average molecular weight is 335 g/mol. The van der Waals surface area contributed by atoms with Crippen LogP contribution in [0.25, 0.3) is 0 Å². The molecule has 1 aromatic carbocycles. The molecule has 0 atom stereocenters. The molecule has 1 fully saturated rings. The molecule has 4 nitrogen and oxygen atoms in total. The van der Waals surface area contributed by atoms with Gasteiger partial charge in [-0.15, -0.1) is 0 Å². The van der Waals surface area contributed by atoms with Gasteiger partial charge in [0.25, 0.3) is 0 Å². The van der Waals surface area contributed by atoms with Crippen LogP contribution in [0.15, 0.2) is 17.0 Å². The number of sulfonamides is 1. The van der Waals surface area contributed by atoms with E-state index in [0.717, 1.165) is 38.2 Å². The normalized spacial score (nSPS) is 18.2. The fourth-order valence-electron chi connectivity index (χ4n) is 2.52. The van der Waals surface area contributed by atoms with Crippen LogP contribution in [0.5, 0.6) is 0 Å². The zero-order valence-electron chi connectivity index (χ0n) is 11.8. The first-order valence-electron chi connectivity index (χ1n) is 7.15. The van der Waals surface area contributed by atoms with E-state index in [-0.39, 0.29) is 16.5 Å². The molecule has 1 aliphatic rings. The largest absolute Gasteiger partial charge is 0.326 e. The van der Waals surface area contributed by atoms with E-state index in [1.807, 2.05) is 0 Å². The van der Waals surface area contributed by atoms with Gasteiger partial charge in [0.1, 0.15) is 5.82 Å². The zero-order valence-corrected chi connectivity index (χ0v) is 13.4. The Kier molecular flexibility index (Phi) is 5.60. The quantitative estimate of drug-likeness (QED) is 0.924. The van der Waals surface area contributed by atoms with Gasteiger partial charge in [-0.1, -0.05) is 30.9 Å². The number of hydrogen-bond acceptors (Lipinski definition) is 3. The van der Waals surface area contributed by atoms with Gasteiger partial charge < -0.3 is 5.73 Å². The van der Waals surface area contributed by atoms with Gasteiger partial charge in [-0.25, -0.2) is 12.8 Å². The summed E-state index contributed by atoms with van der Waals surface area (Å²) in [4.78, 5) is -0.0644. The van der Waals surface area contributed by atoms with Crippen molar-refractivity contribution in [3.8, 4) is 0 Å². The molecule has 1 saturated heterocycles. The Hall–Kier alpha value is -0.690. The maximum atomic E-state index is 13.8. The smallest absolute Gasteiger partial charge is 0.243 e. The fraction of sp³-hybridized carbons (Fsp3) is 0.571. The lowest BCUT2D eigenvalue weighted by atomic mass is 10.1. The highest BCUT2D eigenvalue weighted by Crippen LogP contribution is 2.27. The van der Waals surface area contributed by atoms with Crippen molar-refractivity contribution < 1.29 is 12.8 Å². The van der Waals surface area contributed by atoms with Gasteiger partial charge in [0, 0.05) is 19.6 Å². The Labute approximate surface area is 130 Å². The summed E-state index contributed by atoms with van der Waals surface area (Å²) in [6.45, 7) is 0.953. The van der Waals surface area contributed by atoms with Gasteiger partial charge in [-0.05, 0) is 30.5 Å². The molecule has 0 spiro atoms. The average Bonchev–Trinajstić information content (AvgIpc) is 2.40. The molecule has 0 amide bonds. The van der Waals surface area contributed by atoms with Crippen molar-refractivity contribution in [2.75, 3.05) is 13.1 Å². The third kappa shape index (κ3) is 3.74. The molecule has 0 bridgehead atoms. The van der Waals surface area contributed by atoms with Crippen LogP contribution >= 0.6 is 11.6 Å². The second-order valence-corrected chi connectivity index (χ2v) is 7.57. The minimum Gasteiger partial charge on any atom is -0.326 e. The van der Waals surface area contributed by atoms with Crippen LogP contribution in [0.3, 0.4) is 0 Å². The van der Waals surface area contributed by atoms with Gasteiger partial charge >= 0.3 is 0 Å². The molecule has 2 N–H and O–H groups in total. The molecule has 1 aliphatic heterocycles. The molecule has 0 aromatic heterocycles. The molecular formula is C14H20ClFN2O2S. The number of nitrogens with two attached hydrogens (primary N) is 1. The van der Waals surface area contributed by atoms with E-state index in [1.165, 1.54) is 10.4 Å². The summed E-state index contributed by atoms with van der Waals surface area (Å²) in [6.07, 6.45) is 4.85. The molecule has 0 unspecified atom stereocenters. The van der Waals surface area contributed by atoms with E-state index in [9.17, 15) is 12.8 Å². The van der Waals surface area contributed by atoms with E-state index in [1.54, 1.807) is 0 Å². The molecule has 21 heavy (non-hydrogen) atoms. The van der Waals surface area contributed by atoms with Crippen LogP contribution in [0.2, 0.25) is 5.02 Å². The van der Waals surface area contributed by atoms with Crippen LogP contribution in [0.4, 0.5) is 4.39 Å². The first-order chi connectivity index (χ1) is 9.96. The second kappa shape index (κ2) is 7.05. The van der Waals surface area contributed by atoms with Crippen LogP contribution in [0, 0.1) is 5.82 Å². The van der Waals surface area contributed by atoms with Crippen LogP contribution in [-0.2, 0) is 16.6 Å². The summed E-state index contributed by atoms with van der Waals surface area (Å²) in [7, 11) is -3.69. The zero-order chi connectivity index (χ0) is 15.5. The Morgan fingerprint density at radius 2 is 1.71 bits per heavy atom. The molecule has 1 aromatic rings. The molecule has 0 saturated carbocycles. The molecule has 118 valence electrons. The summed E-state index contributed by atoms with van der Waals surface area (Å²) >= 11 is 5.79. The molecule has 2 rings (SSSR count). The van der Waals surface area contributed by atoms with Crippen LogP contribution in [-0.4, -0.2) is 25.8 Å². The molecule has 1 heterocycles. The summed E-state index contributed by atoms with van der Waals surface area (Å²) in [5, 5.41) is -0.107. The van der Waals surface area contributed by atoms with Gasteiger partial charge in [-0.3, -0.25) is 0 Å². The van der Waals surface area contributed by atoms with Crippen LogP contribution in [0.1, 0.15) is 37.7 Å². The minimum atomic E-state index is -3.69. The minimum absolute atomic E-state index is 0.000880. The SMILES string of the molecule is NCc1cc(S(=O)(=O)N2CCCCCCC2)cc(F)c1Cl. The highest BCUT2D eigenvalue weighted by molar-refractivity contribution is 7.89. The Balaban J connectivity index is 2.36. The fourth-order valence-corrected chi connectivity index (χ4v) is 4.29. The third-order valence-electron chi connectivity index (χ3n) is 3.75. The summed E-state index contributed by atoms with van der Waals surface area (Å²) in [6, 6.07) is 2.36. The van der Waals surface area contributed by atoms with Crippen molar-refractivity contribution in [1.29, 1.82) is 0 Å². The van der Waals surface area contributed by atoms with Gasteiger partial charge in [0.05, 0.1) is 9.92 Å². The molecule has 0 radical (unpaired) electrons. The molecular weight excluding hydrogens is 315 g/mol. The Morgan fingerprint density at radius 1 is 1.14 bits per heavy atom. The lowest BCUT2D eigenvalue weighted by Gasteiger charge is -2.24. The van der Waals surface area contributed by atoms with Gasteiger partial charge in [0.2, 0.25) is 10.0 Å². The Morgan fingerprint density at radius 3 is 2.29 bits per heavy atom. The van der Waals surface area contributed by atoms with Crippen molar-refractivity contribution in [2.45, 2.75) is 43.5 Å². The lowest BCUT2D eigenvalue weighted by molar-refractivity contribution is 0.364. The standard InChI is InChI=1S/C14H20ClFN2O2S/c15-14-11(10-17)8-12(9-13(14)16)21(19,20)18-6-4-2-1-3-5-7-18/h8-9H,1-7,10,17H2. The van der Waals surface area contributed by atoms with Crippen molar-refractivity contribution in [3.63, 3.8) is 0 Å². The van der Waals surface area contributed by atoms with E-state index in [2.05, 4.69) is 0 Å². The van der Waals surface area contributed by atoms with E-state index in [4.69, 9.17) is 17.3 Å². The van der Waals surface area contributed by atoms with Crippen molar-refractivity contribution >= 4 is 21.6 Å². The van der Waals surface area contributed by atoms with Crippen molar-refractivity contribution in [3.05, 3.63) is 28.5 Å². The predicted octanol–water partition coefficient (Wildman–Crippen LogP) is 2.89. The predicted molar refractivity (Wildman–Crippen MR) is 81.1 cm³/mol. The maximum Gasteiger partial charge on any atom is 0.243 e. The summed E-state index contributed by atoms with van der Waals surface area (Å²) in [5.74, 6) is -0.745. The monoisotopic (exact) mass is 334 g/mol. The first kappa shape index (κ1) is 16.7. The number of rotatable bonds is 3. The first-order valence-corrected chi connectivity index (χ1v) is 8.96. The number of hydrogen-bond donors (Lipinski definition) is 1. The van der Waals surface area contributed by atoms with Crippen molar-refractivity contribution in [1.82, 2.24) is 4.31 Å². The third-order valence-corrected chi connectivity index (χ3v) is 6.05. The number of nitrogens with zero attached hydrogens (tertiary/aromatic N) is 1. The Bertz CT molecular complexity index is 599. The number of benzene rings is 1. The lowest BCUT2D eigenvalue weighted by Crippen LogP contribution is -2.34. The summed E-state index contributed by atoms with van der Waals surface area (Å²) < 4.78 is 40.6. The van der Waals surface area contributed by atoms with Gasteiger partial charge in [-0.2, -0.15) is 4.31 Å². The topological polar surface area (TPSA) is 63.4 Å². The number of halogens is 2. The van der Waals surface area contributed by atoms with Crippen LogP contribution < -0.4 is 5.73 Å². The van der Waals surface area contributed by atoms with Crippen molar-refractivity contribution in [2.24, 2.45) is 5.73 Å². The molecule has 0 aliphatic carbocycles. The van der Waals surface area contributed by atoms with E-state index >= 15 is 0 Å². The highest BCUT2D eigenvalue weighted by atomic mass is 35.5. The maximum absolute atomic E-state index is 13.8. The molecule has 7 heteroatoms. The highest BCUT2D eigenvalue weighted by Gasteiger charge is 2.26. The van der Waals surface area contributed by atoms with E-state index in [0.29, 0.717) is 18.7 Å². The summed E-state index contributed by atoms with van der Waals surface area (Å²) in [5.41, 5.74) is 5.80.